The normalized spacial score (nSPS) is 14.9. The van der Waals surface area contributed by atoms with Crippen LogP contribution in [0.5, 0.6) is 11.5 Å². The summed E-state index contributed by atoms with van der Waals surface area (Å²) in [6.45, 7) is 0. The van der Waals surface area contributed by atoms with Crippen LogP contribution in [0.25, 0.3) is 22.1 Å². The van der Waals surface area contributed by atoms with Crippen LogP contribution in [-0.2, 0) is 0 Å². The molecule has 2 N–H and O–H groups in total. The molecule has 0 aliphatic carbocycles. The van der Waals surface area contributed by atoms with Gasteiger partial charge in [-0.3, -0.25) is 0 Å². The molecule has 7 nitrogen and oxygen atoms in total. The third-order valence-corrected chi connectivity index (χ3v) is 6.17. The highest BCUT2D eigenvalue weighted by Crippen LogP contribution is 2.44. The first-order valence-corrected chi connectivity index (χ1v) is 10.8. The van der Waals surface area contributed by atoms with Crippen LogP contribution in [0.3, 0.4) is 0 Å². The van der Waals surface area contributed by atoms with Crippen LogP contribution >= 0.6 is 23.2 Å². The van der Waals surface area contributed by atoms with Crippen molar-refractivity contribution in [3.63, 3.8) is 0 Å². The van der Waals surface area contributed by atoms with Crippen molar-refractivity contribution in [1.29, 1.82) is 5.26 Å². The first-order valence-electron chi connectivity index (χ1n) is 10.0. The summed E-state index contributed by atoms with van der Waals surface area (Å²) in [4.78, 5) is 17.1. The second kappa shape index (κ2) is 8.41. The topological polar surface area (TPSA) is 111 Å². The third-order valence-electron chi connectivity index (χ3n) is 5.65. The zero-order valence-corrected chi connectivity index (χ0v) is 19.1. The summed E-state index contributed by atoms with van der Waals surface area (Å²) in [5.41, 5.74) is 8.26. The summed E-state index contributed by atoms with van der Waals surface area (Å²) in [7, 11) is 1.53. The molecular weight excluding hydrogens is 477 g/mol. The zero-order chi connectivity index (χ0) is 24.0. The van der Waals surface area contributed by atoms with Crippen LogP contribution in [0.4, 0.5) is 0 Å². The Kier molecular flexibility index (Phi) is 5.40. The van der Waals surface area contributed by atoms with Gasteiger partial charge in [0.1, 0.15) is 28.1 Å². The minimum Gasteiger partial charge on any atom is -0.497 e. The number of nitriles is 1. The molecule has 4 aromatic rings. The Morgan fingerprint density at radius 2 is 1.91 bits per heavy atom. The second-order valence-electron chi connectivity index (χ2n) is 7.53. The fourth-order valence-electron chi connectivity index (χ4n) is 4.03. The number of fused-ring (bicyclic) bond motifs is 3. The molecule has 168 valence electrons. The minimum atomic E-state index is -0.784. The van der Waals surface area contributed by atoms with Crippen LogP contribution in [0.1, 0.15) is 17.0 Å². The van der Waals surface area contributed by atoms with Crippen molar-refractivity contribution in [2.45, 2.75) is 5.92 Å². The maximum Gasteiger partial charge on any atom is 0.344 e. The molecule has 0 bridgehead atoms. The third kappa shape index (κ3) is 3.54. The Hall–Kier alpha value is -3.99. The average Bonchev–Trinajstić information content (AvgIpc) is 2.83. The number of nitrogens with two attached hydrogens (primary N) is 1. The maximum absolute atomic E-state index is 13.1. The van der Waals surface area contributed by atoms with E-state index in [1.165, 1.54) is 7.11 Å². The molecule has 0 amide bonds. The SMILES string of the molecule is COc1ccc2oc(=O)c3c(c2c1)OC(N)=C(C#N)C3c1ccc(-c2cnc(Cl)cc2Cl)cc1. The summed E-state index contributed by atoms with van der Waals surface area (Å²) in [5.74, 6) is -0.0759. The van der Waals surface area contributed by atoms with Crippen LogP contribution in [0.15, 0.2) is 75.4 Å². The summed E-state index contributed by atoms with van der Waals surface area (Å²) in [6, 6.07) is 15.8. The van der Waals surface area contributed by atoms with E-state index in [4.69, 9.17) is 42.8 Å². The molecule has 34 heavy (non-hydrogen) atoms. The predicted octanol–water partition coefficient (Wildman–Crippen LogP) is 5.39. The van der Waals surface area contributed by atoms with Crippen LogP contribution < -0.4 is 20.8 Å². The van der Waals surface area contributed by atoms with Gasteiger partial charge in [0.15, 0.2) is 5.75 Å². The molecule has 0 saturated heterocycles. The predicted molar refractivity (Wildman–Crippen MR) is 128 cm³/mol. The molecule has 9 heteroatoms. The largest absolute Gasteiger partial charge is 0.497 e. The lowest BCUT2D eigenvalue weighted by molar-refractivity contribution is 0.386. The monoisotopic (exact) mass is 491 g/mol. The number of methoxy groups -OCH3 is 1. The number of hydrogen-bond acceptors (Lipinski definition) is 7. The number of aromatic nitrogens is 1. The minimum absolute atomic E-state index is 0.0799. The molecule has 1 unspecified atom stereocenters. The van der Waals surface area contributed by atoms with Crippen LogP contribution in [0, 0.1) is 11.3 Å². The quantitative estimate of drug-likeness (QED) is 0.302. The van der Waals surface area contributed by atoms with Gasteiger partial charge >= 0.3 is 5.63 Å². The highest BCUT2D eigenvalue weighted by molar-refractivity contribution is 6.35. The zero-order valence-electron chi connectivity index (χ0n) is 17.6. The fraction of sp³-hybridized carbons (Fsp3) is 0.0800. The number of halogens is 2. The van der Waals surface area contributed by atoms with Crippen molar-refractivity contribution in [3.8, 4) is 28.7 Å². The van der Waals surface area contributed by atoms with Crippen molar-refractivity contribution >= 4 is 34.2 Å². The van der Waals surface area contributed by atoms with Crippen LogP contribution in [0.2, 0.25) is 10.2 Å². The van der Waals surface area contributed by atoms with Crippen molar-refractivity contribution in [3.05, 3.63) is 97.9 Å². The van der Waals surface area contributed by atoms with Crippen molar-refractivity contribution in [1.82, 2.24) is 4.98 Å². The lowest BCUT2D eigenvalue weighted by Crippen LogP contribution is -2.26. The molecule has 1 atom stereocenters. The Morgan fingerprint density at radius 3 is 2.59 bits per heavy atom. The van der Waals surface area contributed by atoms with Gasteiger partial charge in [-0.05, 0) is 35.4 Å². The maximum atomic E-state index is 13.1. The van der Waals surface area contributed by atoms with E-state index in [0.29, 0.717) is 38.0 Å². The molecule has 0 radical (unpaired) electrons. The highest BCUT2D eigenvalue weighted by Gasteiger charge is 2.35. The van der Waals surface area contributed by atoms with Gasteiger partial charge in [0.05, 0.1) is 29.0 Å². The molecule has 3 heterocycles. The molecule has 2 aromatic carbocycles. The van der Waals surface area contributed by atoms with Gasteiger partial charge < -0.3 is 19.6 Å². The summed E-state index contributed by atoms with van der Waals surface area (Å²) < 4.78 is 16.6. The highest BCUT2D eigenvalue weighted by atomic mass is 35.5. The number of pyridine rings is 1. The van der Waals surface area contributed by atoms with E-state index in [0.717, 1.165) is 5.56 Å². The first kappa shape index (κ1) is 21.8. The van der Waals surface area contributed by atoms with E-state index in [2.05, 4.69) is 11.1 Å². The van der Waals surface area contributed by atoms with Gasteiger partial charge in [-0.2, -0.15) is 5.26 Å². The second-order valence-corrected chi connectivity index (χ2v) is 8.32. The van der Waals surface area contributed by atoms with Gasteiger partial charge in [-0.15, -0.1) is 0 Å². The lowest BCUT2D eigenvalue weighted by atomic mass is 9.83. The average molecular weight is 492 g/mol. The molecule has 0 spiro atoms. The van der Waals surface area contributed by atoms with Gasteiger partial charge in [0.2, 0.25) is 5.88 Å². The molecule has 2 aromatic heterocycles. The molecule has 0 fully saturated rings. The van der Waals surface area contributed by atoms with Gasteiger partial charge in [0.25, 0.3) is 0 Å². The Balaban J connectivity index is 1.69. The number of rotatable bonds is 3. The summed E-state index contributed by atoms with van der Waals surface area (Å²) in [6.07, 6.45) is 1.58. The van der Waals surface area contributed by atoms with Crippen LogP contribution in [-0.4, -0.2) is 12.1 Å². The smallest absolute Gasteiger partial charge is 0.344 e. The van der Waals surface area contributed by atoms with E-state index in [1.807, 2.05) is 12.1 Å². The Labute approximate surface area is 203 Å². The number of benzene rings is 2. The summed E-state index contributed by atoms with van der Waals surface area (Å²) in [5, 5.41) is 11.1. The van der Waals surface area contributed by atoms with Gasteiger partial charge in [-0.1, -0.05) is 47.5 Å². The molecule has 1 aliphatic rings. The molecule has 1 aliphatic heterocycles. The number of nitrogens with zero attached hydrogens (tertiary/aromatic N) is 2. The van der Waals surface area contributed by atoms with Gasteiger partial charge in [-0.25, -0.2) is 9.78 Å². The fourth-order valence-corrected chi connectivity index (χ4v) is 4.51. The first-order chi connectivity index (χ1) is 16.4. The van der Waals surface area contributed by atoms with Gasteiger partial charge in [0, 0.05) is 11.8 Å². The van der Waals surface area contributed by atoms with E-state index in [1.54, 1.807) is 42.6 Å². The van der Waals surface area contributed by atoms with E-state index in [9.17, 15) is 10.1 Å². The number of hydrogen-bond donors (Lipinski definition) is 1. The Morgan fingerprint density at radius 1 is 1.15 bits per heavy atom. The van der Waals surface area contributed by atoms with Crippen molar-refractivity contribution in [2.75, 3.05) is 7.11 Å². The number of allylic oxidation sites excluding steroid dienone is 1. The number of ether oxygens (including phenoxy) is 2. The standard InChI is InChI=1S/C25H15Cl2N3O4/c1-32-14-6-7-19-15(8-14)23-22(25(31)33-19)21(16(10-28)24(29)34-23)13-4-2-12(3-5-13)17-11-30-20(27)9-18(17)26/h2-9,11,21H,29H2,1H3. The van der Waals surface area contributed by atoms with E-state index in [-0.39, 0.29) is 22.8 Å². The van der Waals surface area contributed by atoms with Crippen molar-refractivity contribution in [2.24, 2.45) is 5.73 Å². The van der Waals surface area contributed by atoms with Crippen molar-refractivity contribution < 1.29 is 13.9 Å². The van der Waals surface area contributed by atoms with E-state index >= 15 is 0 Å². The Bertz CT molecular complexity index is 1590. The van der Waals surface area contributed by atoms with E-state index < -0.39 is 11.5 Å². The lowest BCUT2D eigenvalue weighted by Gasteiger charge is -2.26. The summed E-state index contributed by atoms with van der Waals surface area (Å²) >= 11 is 12.2. The molecular formula is C25H15Cl2N3O4. The molecule has 5 rings (SSSR count). The molecule has 0 saturated carbocycles.